The second-order valence-electron chi connectivity index (χ2n) is 17.9. The number of aromatic nitrogens is 6. The van der Waals surface area contributed by atoms with Crippen LogP contribution < -0.4 is 25.5 Å². The van der Waals surface area contributed by atoms with Crippen LogP contribution in [0.4, 0.5) is 11.5 Å². The van der Waals surface area contributed by atoms with E-state index in [0.717, 1.165) is 148 Å². The second-order valence-corrected chi connectivity index (χ2v) is 17.9. The lowest BCUT2D eigenvalue weighted by Gasteiger charge is -2.41. The zero-order chi connectivity index (χ0) is 40.3. The number of imidazole rings is 1. The van der Waals surface area contributed by atoms with E-state index in [9.17, 15) is 14.4 Å². The molecule has 1 saturated carbocycles. The van der Waals surface area contributed by atoms with E-state index in [0.29, 0.717) is 18.3 Å². The van der Waals surface area contributed by atoms with Gasteiger partial charge in [-0.1, -0.05) is 0 Å². The van der Waals surface area contributed by atoms with Crippen molar-refractivity contribution in [3.05, 3.63) is 59.3 Å². The van der Waals surface area contributed by atoms with Gasteiger partial charge in [0.15, 0.2) is 0 Å². The molecule has 4 aliphatic heterocycles. The maximum absolute atomic E-state index is 13.2. The van der Waals surface area contributed by atoms with Crippen molar-refractivity contribution < 1.29 is 14.3 Å². The van der Waals surface area contributed by atoms with E-state index in [1.807, 2.05) is 18.2 Å². The van der Waals surface area contributed by atoms with Gasteiger partial charge in [0.1, 0.15) is 35.2 Å². The quantitative estimate of drug-likeness (QED) is 0.195. The molecule has 3 aromatic heterocycles. The average molecular weight is 802 g/mol. The van der Waals surface area contributed by atoms with Crippen LogP contribution in [0.2, 0.25) is 0 Å². The topological polar surface area (TPSA) is 150 Å². The molecule has 5 aliphatic rings. The number of amides is 2. The fourth-order valence-electron chi connectivity index (χ4n) is 9.85. The van der Waals surface area contributed by atoms with Crippen molar-refractivity contribution in [2.75, 3.05) is 75.2 Å². The van der Waals surface area contributed by atoms with Gasteiger partial charge in [-0.25, -0.2) is 14.8 Å². The van der Waals surface area contributed by atoms with Crippen molar-refractivity contribution in [2.45, 2.75) is 69.9 Å². The van der Waals surface area contributed by atoms with Gasteiger partial charge in [0, 0.05) is 96.1 Å². The van der Waals surface area contributed by atoms with E-state index in [-0.39, 0.29) is 23.6 Å². The maximum Gasteiger partial charge on any atom is 0.329 e. The summed E-state index contributed by atoms with van der Waals surface area (Å²) in [6.07, 6.45) is 9.06. The highest BCUT2D eigenvalue weighted by atomic mass is 16.5. The van der Waals surface area contributed by atoms with Crippen molar-refractivity contribution in [3.63, 3.8) is 0 Å². The van der Waals surface area contributed by atoms with Crippen molar-refractivity contribution in [2.24, 2.45) is 18.9 Å². The molecular formula is C44H55N11O4. The molecule has 15 nitrogen and oxygen atoms in total. The molecule has 2 aromatic carbocycles. The van der Waals surface area contributed by atoms with Gasteiger partial charge in [-0.3, -0.25) is 29.1 Å². The zero-order valence-corrected chi connectivity index (χ0v) is 34.2. The van der Waals surface area contributed by atoms with E-state index in [1.54, 1.807) is 22.5 Å². The molecule has 2 N–H and O–H groups in total. The molecule has 1 unspecified atom stereocenters. The van der Waals surface area contributed by atoms with E-state index in [2.05, 4.69) is 76.3 Å². The van der Waals surface area contributed by atoms with Crippen LogP contribution in [-0.2, 0) is 16.6 Å². The number of carbonyl (C=O) groups excluding carboxylic acids is 2. The summed E-state index contributed by atoms with van der Waals surface area (Å²) in [5.74, 6) is 2.54. The number of anilines is 2. The molecule has 15 heteroatoms. The van der Waals surface area contributed by atoms with Crippen molar-refractivity contribution in [1.29, 1.82) is 0 Å². The molecule has 2 amide bonds. The van der Waals surface area contributed by atoms with Gasteiger partial charge in [0.2, 0.25) is 11.8 Å². The smallest absolute Gasteiger partial charge is 0.329 e. The highest BCUT2D eigenvalue weighted by molar-refractivity contribution is 6.00. The Hall–Kier alpha value is -5.28. The van der Waals surface area contributed by atoms with Crippen LogP contribution in [0.1, 0.15) is 64.3 Å². The predicted molar refractivity (Wildman–Crippen MR) is 227 cm³/mol. The predicted octanol–water partition coefficient (Wildman–Crippen LogP) is 4.33. The molecule has 0 bridgehead atoms. The summed E-state index contributed by atoms with van der Waals surface area (Å²) in [6, 6.07) is 13.7. The van der Waals surface area contributed by atoms with Crippen LogP contribution >= 0.6 is 0 Å². The lowest BCUT2D eigenvalue weighted by Crippen LogP contribution is -2.50. The highest BCUT2D eigenvalue weighted by Crippen LogP contribution is 2.41. The molecule has 4 saturated heterocycles. The van der Waals surface area contributed by atoms with Crippen molar-refractivity contribution in [1.82, 2.24) is 44.4 Å². The molecule has 7 heterocycles. The first-order valence-electron chi connectivity index (χ1n) is 21.7. The van der Waals surface area contributed by atoms with Gasteiger partial charge in [-0.2, -0.15) is 5.10 Å². The molecule has 1 aliphatic carbocycles. The monoisotopic (exact) mass is 801 g/mol. The number of carbonyl (C=O) groups is 2. The molecule has 0 spiro atoms. The molecule has 5 fully saturated rings. The molecule has 0 radical (unpaired) electrons. The van der Waals surface area contributed by atoms with Crippen LogP contribution in [0.3, 0.4) is 0 Å². The van der Waals surface area contributed by atoms with Gasteiger partial charge >= 0.3 is 5.69 Å². The number of fused-ring (bicyclic) bond motifs is 2. The van der Waals surface area contributed by atoms with Crippen LogP contribution in [-0.4, -0.2) is 122 Å². The van der Waals surface area contributed by atoms with Gasteiger partial charge in [0.05, 0.1) is 22.2 Å². The maximum atomic E-state index is 13.2. The summed E-state index contributed by atoms with van der Waals surface area (Å²) in [5.41, 5.74) is 5.02. The second kappa shape index (κ2) is 15.4. The summed E-state index contributed by atoms with van der Waals surface area (Å²) >= 11 is 0. The summed E-state index contributed by atoms with van der Waals surface area (Å²) in [6.45, 7) is 13.0. The lowest BCUT2D eigenvalue weighted by molar-refractivity contribution is -0.135. The Morgan fingerprint density at radius 2 is 1.47 bits per heavy atom. The number of H-pyrrole nitrogens is 1. The number of piperazine rings is 1. The number of aromatic amines is 1. The molecule has 59 heavy (non-hydrogen) atoms. The molecule has 5 aromatic rings. The van der Waals surface area contributed by atoms with Crippen molar-refractivity contribution in [3.8, 4) is 17.1 Å². The minimum absolute atomic E-state index is 0.0360. The van der Waals surface area contributed by atoms with Gasteiger partial charge in [-0.05, 0) is 100 Å². The third kappa shape index (κ3) is 7.70. The minimum Gasteiger partial charge on any atom is -0.488 e. The Kier molecular flexibility index (Phi) is 9.90. The van der Waals surface area contributed by atoms with Crippen LogP contribution in [0.25, 0.3) is 33.3 Å². The van der Waals surface area contributed by atoms with Crippen LogP contribution in [0.5, 0.6) is 5.75 Å². The summed E-state index contributed by atoms with van der Waals surface area (Å²) in [5, 5.41) is 11.2. The summed E-state index contributed by atoms with van der Waals surface area (Å²) in [4.78, 5) is 57.1. The molecule has 10 rings (SSSR count). The normalized spacial score (nSPS) is 22.4. The van der Waals surface area contributed by atoms with E-state index in [4.69, 9.17) is 4.74 Å². The summed E-state index contributed by atoms with van der Waals surface area (Å²) in [7, 11) is 1.76. The van der Waals surface area contributed by atoms with E-state index in [1.165, 1.54) is 6.54 Å². The first-order chi connectivity index (χ1) is 28.7. The van der Waals surface area contributed by atoms with Crippen LogP contribution in [0.15, 0.2) is 53.6 Å². The number of hydrogen-bond acceptors (Lipinski definition) is 11. The van der Waals surface area contributed by atoms with E-state index >= 15 is 0 Å². The van der Waals surface area contributed by atoms with Gasteiger partial charge in [-0.15, -0.1) is 0 Å². The first kappa shape index (κ1) is 38.0. The van der Waals surface area contributed by atoms with Gasteiger partial charge in [0.25, 0.3) is 0 Å². The van der Waals surface area contributed by atoms with Gasteiger partial charge < -0.3 is 24.3 Å². The number of benzene rings is 2. The van der Waals surface area contributed by atoms with Crippen molar-refractivity contribution >= 4 is 45.3 Å². The fraction of sp³-hybridized carbons (Fsp3) is 0.545. The number of nitrogens with zero attached hydrogens (tertiary/aromatic N) is 9. The number of imide groups is 1. The first-order valence-corrected chi connectivity index (χ1v) is 21.7. The Morgan fingerprint density at radius 1 is 0.780 bits per heavy atom. The Morgan fingerprint density at radius 3 is 2.15 bits per heavy atom. The Balaban J connectivity index is 0.677. The fourth-order valence-corrected chi connectivity index (χ4v) is 9.85. The number of ether oxygens (including phenoxy) is 1. The zero-order valence-electron chi connectivity index (χ0n) is 34.2. The average Bonchev–Trinajstić information content (AvgIpc) is 3.73. The summed E-state index contributed by atoms with van der Waals surface area (Å²) < 4.78 is 9.41. The lowest BCUT2D eigenvalue weighted by atomic mass is 9.94. The van der Waals surface area contributed by atoms with E-state index < -0.39 is 11.9 Å². The Labute approximate surface area is 343 Å². The number of piperidine rings is 3. The number of nitrogens with one attached hydrogen (secondary N) is 2. The third-order valence-electron chi connectivity index (χ3n) is 13.8. The number of aryl methyl sites for hydroxylation is 1. The SMILES string of the molecule is Cn1c(=O)n(C2CCC(=O)NC2=O)c2ccc(N3CCC(CN4CCN(CC5CCN(c6cc(-c7n[nH]c8ccc(OC9(C)CC9)cc78)ncn6)CC5)CC4)CC3)cc21. The minimum atomic E-state index is -0.668. The molecule has 310 valence electrons. The Bertz CT molecular complexity index is 2430. The molecular weight excluding hydrogens is 747 g/mol. The third-order valence-corrected chi connectivity index (χ3v) is 13.8. The standard InChI is InChI=1S/C44H55N11O4/c1-44(13-14-44)59-32-4-5-34-33(24-32)41(49-48-34)35-25-39(46-28-45-35)54-17-11-30(12-18-54)27-52-21-19-51(20-22-52)26-29-9-15-53(16-10-29)31-3-6-36-38(23-31)50(2)43(58)55(36)37-7-8-40(56)47-42(37)57/h3-6,23-25,28-30,37H,7-22,26-27H2,1-2H3,(H,48,49)(H,47,56,57). The number of rotatable bonds is 10. The number of hydrogen-bond donors (Lipinski definition) is 2. The van der Waals surface area contributed by atoms with Crippen LogP contribution in [0, 0.1) is 11.8 Å². The highest BCUT2D eigenvalue weighted by Gasteiger charge is 2.40. The molecule has 1 atom stereocenters. The largest absolute Gasteiger partial charge is 0.488 e.